The molecule has 3 aromatic rings. The van der Waals surface area contributed by atoms with Gasteiger partial charge in [0, 0.05) is 19.0 Å². The minimum atomic E-state index is -0.0406. The molecule has 1 atom stereocenters. The Labute approximate surface area is 202 Å². The molecule has 0 radical (unpaired) electrons. The summed E-state index contributed by atoms with van der Waals surface area (Å²) in [6.07, 6.45) is 0. The van der Waals surface area contributed by atoms with Gasteiger partial charge in [-0.2, -0.15) is 0 Å². The molecule has 1 unspecified atom stereocenters. The molecule has 0 amide bonds. The molecule has 0 saturated carbocycles. The van der Waals surface area contributed by atoms with Gasteiger partial charge in [-0.05, 0) is 25.0 Å². The minimum absolute atomic E-state index is 0. The van der Waals surface area contributed by atoms with Gasteiger partial charge in [0.2, 0.25) is 0 Å². The van der Waals surface area contributed by atoms with Gasteiger partial charge in [-0.15, -0.1) is 34.2 Å². The van der Waals surface area contributed by atoms with Gasteiger partial charge in [-0.1, -0.05) is 74.5 Å². The third-order valence-electron chi connectivity index (χ3n) is 5.47. The van der Waals surface area contributed by atoms with E-state index >= 15 is 0 Å². The lowest BCUT2D eigenvalue weighted by molar-refractivity contribution is 0.505. The molecule has 0 aliphatic heterocycles. The van der Waals surface area contributed by atoms with Gasteiger partial charge in [0.15, 0.2) is 11.8 Å². The lowest BCUT2D eigenvalue weighted by atomic mass is 9.85. The summed E-state index contributed by atoms with van der Waals surface area (Å²) in [4.78, 5) is 4.80. The highest BCUT2D eigenvalue weighted by Gasteiger charge is 2.21. The van der Waals surface area contributed by atoms with Crippen LogP contribution < -0.4 is 10.6 Å². The van der Waals surface area contributed by atoms with Crippen LogP contribution >= 0.6 is 24.0 Å². The van der Waals surface area contributed by atoms with E-state index in [0.717, 1.165) is 24.2 Å². The van der Waals surface area contributed by atoms with Crippen LogP contribution in [0.25, 0.3) is 0 Å². The number of aromatic nitrogens is 3. The zero-order valence-electron chi connectivity index (χ0n) is 19.0. The van der Waals surface area contributed by atoms with Crippen molar-refractivity contribution >= 4 is 29.9 Å². The molecular formula is C24H33IN6. The molecule has 2 N–H and O–H groups in total. The Balaban J connectivity index is 0.00000341. The number of benzene rings is 2. The number of rotatable bonds is 7. The lowest BCUT2D eigenvalue weighted by Gasteiger charge is -2.28. The Kier molecular flexibility index (Phi) is 9.03. The fraction of sp³-hybridized carbons (Fsp3) is 0.375. The topological polar surface area (TPSA) is 67.1 Å². The summed E-state index contributed by atoms with van der Waals surface area (Å²) in [6.45, 7) is 9.76. The maximum atomic E-state index is 4.80. The summed E-state index contributed by atoms with van der Waals surface area (Å²) in [5.74, 6) is 2.48. The van der Waals surface area contributed by atoms with Crippen molar-refractivity contribution in [2.75, 3.05) is 6.54 Å². The number of guanidine groups is 1. The summed E-state index contributed by atoms with van der Waals surface area (Å²) >= 11 is 0. The van der Waals surface area contributed by atoms with Crippen molar-refractivity contribution in [3.8, 4) is 0 Å². The van der Waals surface area contributed by atoms with E-state index in [1.165, 1.54) is 11.1 Å². The van der Waals surface area contributed by atoms with Crippen molar-refractivity contribution in [3.05, 3.63) is 83.4 Å². The molecule has 0 aliphatic carbocycles. The Hall–Kier alpha value is -2.42. The summed E-state index contributed by atoms with van der Waals surface area (Å²) in [6, 6.07) is 21.0. The summed E-state index contributed by atoms with van der Waals surface area (Å²) in [5.41, 5.74) is 2.46. The van der Waals surface area contributed by atoms with Crippen LogP contribution in [0.1, 0.15) is 49.6 Å². The second-order valence-corrected chi connectivity index (χ2v) is 8.27. The zero-order valence-corrected chi connectivity index (χ0v) is 21.3. The molecule has 0 spiro atoms. The molecule has 1 heterocycles. The number of hydrogen-bond acceptors (Lipinski definition) is 3. The van der Waals surface area contributed by atoms with Crippen LogP contribution in [0.15, 0.2) is 65.7 Å². The third kappa shape index (κ3) is 6.78. The van der Waals surface area contributed by atoms with Gasteiger partial charge in [-0.25, -0.2) is 4.99 Å². The Bertz CT molecular complexity index is 966. The van der Waals surface area contributed by atoms with Crippen molar-refractivity contribution < 1.29 is 0 Å². The number of hydrogen-bond donors (Lipinski definition) is 2. The van der Waals surface area contributed by atoms with E-state index < -0.39 is 0 Å². The first kappa shape index (κ1) is 24.8. The molecule has 0 saturated heterocycles. The molecule has 6 nitrogen and oxygen atoms in total. The highest BCUT2D eigenvalue weighted by atomic mass is 127. The number of nitrogens with zero attached hydrogens (tertiary/aromatic N) is 4. The number of aliphatic imine (C=N–C) groups is 1. The smallest absolute Gasteiger partial charge is 0.192 e. The normalized spacial score (nSPS) is 12.7. The van der Waals surface area contributed by atoms with E-state index in [1.807, 2.05) is 30.7 Å². The highest BCUT2D eigenvalue weighted by Crippen LogP contribution is 2.21. The molecule has 0 fully saturated rings. The first-order valence-corrected chi connectivity index (χ1v) is 10.4. The van der Waals surface area contributed by atoms with Gasteiger partial charge < -0.3 is 15.2 Å². The van der Waals surface area contributed by atoms with Crippen molar-refractivity contribution in [2.24, 2.45) is 12.0 Å². The Morgan fingerprint density at radius 2 is 1.65 bits per heavy atom. The number of aryl methyl sites for hydroxylation is 1. The highest BCUT2D eigenvalue weighted by molar-refractivity contribution is 14.0. The molecule has 2 aromatic carbocycles. The first-order chi connectivity index (χ1) is 14.4. The van der Waals surface area contributed by atoms with Crippen LogP contribution in [-0.4, -0.2) is 27.3 Å². The standard InChI is InChI=1S/C24H32N6.HI/c1-18(20-12-8-6-9-13-20)27-23(25-16-22-29-28-19(2)30(22)5)26-17-24(3,4)21-14-10-7-11-15-21;/h6-15,18H,16-17H2,1-5H3,(H2,25,26,27);1H. The van der Waals surface area contributed by atoms with Gasteiger partial charge in [0.1, 0.15) is 12.4 Å². The average molecular weight is 532 g/mol. The van der Waals surface area contributed by atoms with Crippen LogP contribution in [0.3, 0.4) is 0 Å². The fourth-order valence-electron chi connectivity index (χ4n) is 3.22. The van der Waals surface area contributed by atoms with E-state index in [9.17, 15) is 0 Å². The largest absolute Gasteiger partial charge is 0.356 e. The predicted octanol–water partition coefficient (Wildman–Crippen LogP) is 4.52. The van der Waals surface area contributed by atoms with E-state index in [1.54, 1.807) is 0 Å². The van der Waals surface area contributed by atoms with E-state index in [0.29, 0.717) is 6.54 Å². The van der Waals surface area contributed by atoms with E-state index in [4.69, 9.17) is 4.99 Å². The third-order valence-corrected chi connectivity index (χ3v) is 5.47. The van der Waals surface area contributed by atoms with Crippen LogP contribution in [0.4, 0.5) is 0 Å². The molecule has 7 heteroatoms. The van der Waals surface area contributed by atoms with Crippen LogP contribution in [0, 0.1) is 6.92 Å². The van der Waals surface area contributed by atoms with Crippen molar-refractivity contribution in [1.29, 1.82) is 0 Å². The molecule has 3 rings (SSSR count). The van der Waals surface area contributed by atoms with Crippen molar-refractivity contribution in [3.63, 3.8) is 0 Å². The monoisotopic (exact) mass is 532 g/mol. The second-order valence-electron chi connectivity index (χ2n) is 8.27. The van der Waals surface area contributed by atoms with Gasteiger partial charge in [0.25, 0.3) is 0 Å². The maximum Gasteiger partial charge on any atom is 0.192 e. The molecule has 1 aromatic heterocycles. The predicted molar refractivity (Wildman–Crippen MR) is 138 cm³/mol. The van der Waals surface area contributed by atoms with Crippen molar-refractivity contribution in [1.82, 2.24) is 25.4 Å². The zero-order chi connectivity index (χ0) is 21.6. The fourth-order valence-corrected chi connectivity index (χ4v) is 3.22. The molecule has 0 bridgehead atoms. The summed E-state index contributed by atoms with van der Waals surface area (Å²) < 4.78 is 1.97. The molecule has 0 aliphatic rings. The van der Waals surface area contributed by atoms with Crippen molar-refractivity contribution in [2.45, 2.75) is 45.7 Å². The van der Waals surface area contributed by atoms with E-state index in [-0.39, 0.29) is 35.4 Å². The first-order valence-electron chi connectivity index (χ1n) is 10.4. The molecule has 166 valence electrons. The second kappa shape index (κ2) is 11.3. The van der Waals surface area contributed by atoms with Crippen LogP contribution in [0.2, 0.25) is 0 Å². The minimum Gasteiger partial charge on any atom is -0.356 e. The molecular weight excluding hydrogens is 499 g/mol. The maximum absolute atomic E-state index is 4.80. The van der Waals surface area contributed by atoms with E-state index in [2.05, 4.69) is 90.1 Å². The van der Waals surface area contributed by atoms with Gasteiger partial charge in [0.05, 0.1) is 6.04 Å². The Morgan fingerprint density at radius 3 is 2.23 bits per heavy atom. The SMILES string of the molecule is Cc1nnc(CN=C(NCC(C)(C)c2ccccc2)NC(C)c2ccccc2)n1C.I. The van der Waals surface area contributed by atoms with Crippen LogP contribution in [-0.2, 0) is 19.0 Å². The lowest BCUT2D eigenvalue weighted by Crippen LogP contribution is -2.44. The van der Waals surface area contributed by atoms with Gasteiger partial charge >= 0.3 is 0 Å². The quantitative estimate of drug-likeness (QED) is 0.267. The Morgan fingerprint density at radius 1 is 1.03 bits per heavy atom. The summed E-state index contributed by atoms with van der Waals surface area (Å²) in [5, 5.41) is 15.4. The van der Waals surface area contributed by atoms with Gasteiger partial charge in [-0.3, -0.25) is 0 Å². The number of halogens is 1. The number of nitrogens with one attached hydrogen (secondary N) is 2. The molecule has 31 heavy (non-hydrogen) atoms. The summed E-state index contributed by atoms with van der Waals surface area (Å²) in [7, 11) is 1.96. The van der Waals surface area contributed by atoms with Crippen LogP contribution in [0.5, 0.6) is 0 Å². The average Bonchev–Trinajstić information content (AvgIpc) is 3.09.